The quantitative estimate of drug-likeness (QED) is 0.223. The summed E-state index contributed by atoms with van der Waals surface area (Å²) in [5.41, 5.74) is 3.06. The molecule has 7 rings (SSSR count). The van der Waals surface area contributed by atoms with E-state index < -0.39 is 11.5 Å². The number of halogens is 2. The van der Waals surface area contributed by atoms with Crippen LogP contribution in [0.4, 0.5) is 0 Å². The van der Waals surface area contributed by atoms with E-state index in [9.17, 15) is 4.79 Å². The minimum absolute atomic E-state index is 0.358. The van der Waals surface area contributed by atoms with Crippen molar-refractivity contribution in [1.29, 1.82) is 0 Å². The first-order chi connectivity index (χ1) is 17.6. The lowest BCUT2D eigenvalue weighted by molar-refractivity contribution is 0.422. The van der Waals surface area contributed by atoms with E-state index in [1.165, 1.54) is 0 Å². The van der Waals surface area contributed by atoms with E-state index in [-0.39, 0.29) is 0 Å². The molecule has 0 aliphatic carbocycles. The first-order valence-electron chi connectivity index (χ1n) is 11.1. The third-order valence-electron chi connectivity index (χ3n) is 6.28. The number of aromatic nitrogens is 4. The highest BCUT2D eigenvalue weighted by atomic mass is 79.9. The zero-order valence-electron chi connectivity index (χ0n) is 18.4. The second kappa shape index (κ2) is 8.01. The minimum atomic E-state index is -0.544. The third kappa shape index (κ3) is 3.18. The van der Waals surface area contributed by atoms with E-state index in [4.69, 9.17) is 25.7 Å². The van der Waals surface area contributed by atoms with Crippen molar-refractivity contribution in [3.05, 3.63) is 116 Å². The minimum Gasteiger partial charge on any atom is -0.437 e. The molecule has 3 aromatic carbocycles. The van der Waals surface area contributed by atoms with Gasteiger partial charge in [-0.25, -0.2) is 19.3 Å². The van der Waals surface area contributed by atoms with Crippen molar-refractivity contribution in [2.24, 2.45) is 0 Å². The van der Waals surface area contributed by atoms with E-state index in [1.54, 1.807) is 23.0 Å². The van der Waals surface area contributed by atoms with Crippen LogP contribution in [0, 0.1) is 0 Å². The Balaban J connectivity index is 1.55. The molecule has 36 heavy (non-hydrogen) atoms. The zero-order valence-corrected chi connectivity index (χ0v) is 20.7. The molecule has 0 N–H and O–H groups in total. The van der Waals surface area contributed by atoms with Gasteiger partial charge < -0.3 is 9.15 Å². The lowest BCUT2D eigenvalue weighted by Gasteiger charge is -2.27. The monoisotopic (exact) mass is 556 g/mol. The summed E-state index contributed by atoms with van der Waals surface area (Å²) in [5.74, 6) is 0.695. The van der Waals surface area contributed by atoms with Crippen molar-refractivity contribution in [1.82, 2.24) is 19.6 Å². The van der Waals surface area contributed by atoms with Crippen LogP contribution in [-0.4, -0.2) is 19.6 Å². The summed E-state index contributed by atoms with van der Waals surface area (Å²) in [6, 6.07) is 22.4. The Morgan fingerprint density at radius 2 is 1.72 bits per heavy atom. The number of ether oxygens (including phenoxy) is 1. The molecule has 3 aromatic heterocycles. The molecule has 1 aliphatic rings. The standard InChI is InChI=1S/C27H14BrClN4O3/c28-15-11-9-14(10-12-15)20-21-23(17-6-2-4-8-19(17)35-27(21)34)36-26-22(20)25-31-24(32-33(25)13-30-26)16-5-1-3-7-18(16)29/h1-13,20H. The molecule has 0 saturated carbocycles. The van der Waals surface area contributed by atoms with E-state index in [0.29, 0.717) is 55.8 Å². The van der Waals surface area contributed by atoms with Gasteiger partial charge in [-0.15, -0.1) is 5.10 Å². The average Bonchev–Trinajstić information content (AvgIpc) is 3.33. The molecule has 0 amide bonds. The summed E-state index contributed by atoms with van der Waals surface area (Å²) in [4.78, 5) is 22.8. The largest absolute Gasteiger partial charge is 0.437 e. The fourth-order valence-electron chi connectivity index (χ4n) is 4.67. The summed E-state index contributed by atoms with van der Waals surface area (Å²) in [7, 11) is 0. The van der Waals surface area contributed by atoms with Crippen LogP contribution in [0.3, 0.4) is 0 Å². The summed E-state index contributed by atoms with van der Waals surface area (Å²) >= 11 is 9.92. The Labute approximate surface area is 217 Å². The van der Waals surface area contributed by atoms with Crippen LogP contribution in [0.2, 0.25) is 5.02 Å². The number of para-hydroxylation sites is 1. The van der Waals surface area contributed by atoms with Crippen LogP contribution >= 0.6 is 27.5 Å². The van der Waals surface area contributed by atoms with E-state index in [1.807, 2.05) is 60.7 Å². The van der Waals surface area contributed by atoms with E-state index in [0.717, 1.165) is 10.0 Å². The van der Waals surface area contributed by atoms with Gasteiger partial charge in [0.1, 0.15) is 11.9 Å². The number of hydrogen-bond acceptors (Lipinski definition) is 6. The molecule has 0 bridgehead atoms. The SMILES string of the molecule is O=c1oc2ccccc2c2c1C(c1ccc(Br)cc1)c1c(ncn3nc(-c4ccccc4Cl)nc13)O2. The Kier molecular flexibility index (Phi) is 4.74. The van der Waals surface area contributed by atoms with Gasteiger partial charge in [0.2, 0.25) is 5.88 Å². The van der Waals surface area contributed by atoms with Crippen LogP contribution in [0.15, 0.2) is 92.8 Å². The van der Waals surface area contributed by atoms with Crippen molar-refractivity contribution in [2.75, 3.05) is 0 Å². The Morgan fingerprint density at radius 1 is 0.944 bits per heavy atom. The topological polar surface area (TPSA) is 82.5 Å². The Morgan fingerprint density at radius 3 is 2.56 bits per heavy atom. The van der Waals surface area contributed by atoms with Crippen LogP contribution in [-0.2, 0) is 0 Å². The van der Waals surface area contributed by atoms with Crippen molar-refractivity contribution in [3.63, 3.8) is 0 Å². The highest BCUT2D eigenvalue weighted by Gasteiger charge is 2.37. The molecule has 9 heteroatoms. The molecular formula is C27H14BrClN4O3. The fraction of sp³-hybridized carbons (Fsp3) is 0.0370. The normalized spacial score (nSPS) is 14.4. The number of nitrogens with zero attached hydrogens (tertiary/aromatic N) is 4. The zero-order chi connectivity index (χ0) is 24.4. The molecule has 0 spiro atoms. The van der Waals surface area contributed by atoms with Crippen LogP contribution < -0.4 is 10.4 Å². The van der Waals surface area contributed by atoms with Gasteiger partial charge in [0.15, 0.2) is 17.2 Å². The lowest BCUT2D eigenvalue weighted by Crippen LogP contribution is -2.22. The predicted octanol–water partition coefficient (Wildman–Crippen LogP) is 6.60. The Hall–Kier alpha value is -4.01. The molecule has 1 unspecified atom stereocenters. The van der Waals surface area contributed by atoms with Crippen LogP contribution in [0.1, 0.15) is 22.6 Å². The molecular weight excluding hydrogens is 544 g/mol. The maximum absolute atomic E-state index is 13.4. The molecule has 1 atom stereocenters. The van der Waals surface area contributed by atoms with Crippen LogP contribution in [0.5, 0.6) is 11.6 Å². The third-order valence-corrected chi connectivity index (χ3v) is 7.14. The summed E-state index contributed by atoms with van der Waals surface area (Å²) in [6.45, 7) is 0. The Bertz CT molecular complexity index is 1880. The maximum Gasteiger partial charge on any atom is 0.344 e. The number of rotatable bonds is 2. The molecule has 4 heterocycles. The van der Waals surface area contributed by atoms with Gasteiger partial charge in [-0.1, -0.05) is 63.9 Å². The predicted molar refractivity (Wildman–Crippen MR) is 139 cm³/mol. The molecule has 0 fully saturated rings. The summed E-state index contributed by atoms with van der Waals surface area (Å²) in [6.07, 6.45) is 1.55. The maximum atomic E-state index is 13.4. The summed E-state index contributed by atoms with van der Waals surface area (Å²) < 4.78 is 14.5. The second-order valence-electron chi connectivity index (χ2n) is 8.36. The van der Waals surface area contributed by atoms with Gasteiger partial charge in [0.05, 0.1) is 27.5 Å². The van der Waals surface area contributed by atoms with Crippen molar-refractivity contribution in [3.8, 4) is 23.0 Å². The van der Waals surface area contributed by atoms with Crippen LogP contribution in [0.25, 0.3) is 28.0 Å². The molecule has 6 aromatic rings. The number of fused-ring (bicyclic) bond motifs is 6. The van der Waals surface area contributed by atoms with E-state index in [2.05, 4.69) is 26.0 Å². The smallest absolute Gasteiger partial charge is 0.344 e. The summed E-state index contributed by atoms with van der Waals surface area (Å²) in [5, 5.41) is 5.85. The average molecular weight is 558 g/mol. The molecule has 7 nitrogen and oxygen atoms in total. The van der Waals surface area contributed by atoms with E-state index >= 15 is 0 Å². The lowest BCUT2D eigenvalue weighted by atomic mass is 9.84. The molecule has 174 valence electrons. The van der Waals surface area contributed by atoms with Crippen molar-refractivity contribution < 1.29 is 9.15 Å². The van der Waals surface area contributed by atoms with Crippen molar-refractivity contribution >= 4 is 44.1 Å². The van der Waals surface area contributed by atoms with Gasteiger partial charge in [0, 0.05) is 10.0 Å². The number of benzene rings is 3. The van der Waals surface area contributed by atoms with Gasteiger partial charge in [-0.05, 0) is 42.0 Å². The highest BCUT2D eigenvalue weighted by Crippen LogP contribution is 2.49. The van der Waals surface area contributed by atoms with Gasteiger partial charge in [-0.2, -0.15) is 0 Å². The fourth-order valence-corrected chi connectivity index (χ4v) is 5.16. The first-order valence-corrected chi connectivity index (χ1v) is 12.2. The second-order valence-corrected chi connectivity index (χ2v) is 9.68. The van der Waals surface area contributed by atoms with Gasteiger partial charge in [0.25, 0.3) is 0 Å². The first kappa shape index (κ1) is 21.3. The van der Waals surface area contributed by atoms with Gasteiger partial charge in [-0.3, -0.25) is 0 Å². The number of hydrogen-bond donors (Lipinski definition) is 0. The molecule has 1 aliphatic heterocycles. The van der Waals surface area contributed by atoms with Gasteiger partial charge >= 0.3 is 5.63 Å². The highest BCUT2D eigenvalue weighted by molar-refractivity contribution is 9.10. The molecule has 0 saturated heterocycles. The molecule has 0 radical (unpaired) electrons. The van der Waals surface area contributed by atoms with Crippen molar-refractivity contribution in [2.45, 2.75) is 5.92 Å².